The predicted octanol–water partition coefficient (Wildman–Crippen LogP) is 3.46. The summed E-state index contributed by atoms with van der Waals surface area (Å²) in [5.74, 6) is -0.418. The smallest absolute Gasteiger partial charge is 0.335 e. The molecular formula is C16H23O5P. The Morgan fingerprint density at radius 2 is 1.73 bits per heavy atom. The van der Waals surface area contributed by atoms with Crippen molar-refractivity contribution in [2.45, 2.75) is 38.8 Å². The van der Waals surface area contributed by atoms with Gasteiger partial charge in [-0.1, -0.05) is 38.1 Å². The van der Waals surface area contributed by atoms with Gasteiger partial charge in [-0.3, -0.25) is 4.57 Å². The van der Waals surface area contributed by atoms with Crippen molar-refractivity contribution in [3.05, 3.63) is 41.5 Å². The van der Waals surface area contributed by atoms with E-state index >= 15 is 0 Å². The lowest BCUT2D eigenvalue weighted by Gasteiger charge is -2.32. The van der Waals surface area contributed by atoms with Crippen molar-refractivity contribution in [3.63, 3.8) is 0 Å². The lowest BCUT2D eigenvalue weighted by atomic mass is 9.92. The number of esters is 1. The number of hydrogen-bond acceptors (Lipinski definition) is 3. The monoisotopic (exact) mass is 326 g/mol. The highest BCUT2D eigenvalue weighted by Gasteiger charge is 2.45. The molecule has 22 heavy (non-hydrogen) atoms. The molecular weight excluding hydrogens is 303 g/mol. The number of carbonyl (C=O) groups is 1. The molecule has 0 fully saturated rings. The van der Waals surface area contributed by atoms with E-state index in [1.807, 2.05) is 0 Å². The third-order valence-corrected chi connectivity index (χ3v) is 5.88. The molecule has 0 atom stereocenters. The number of ether oxygens (including phenoxy) is 1. The van der Waals surface area contributed by atoms with Gasteiger partial charge >= 0.3 is 13.6 Å². The van der Waals surface area contributed by atoms with E-state index < -0.39 is 18.7 Å². The summed E-state index contributed by atoms with van der Waals surface area (Å²) < 4.78 is 16.7. The average molecular weight is 326 g/mol. The molecule has 122 valence electrons. The van der Waals surface area contributed by atoms with Crippen LogP contribution < -0.4 is 0 Å². The van der Waals surface area contributed by atoms with Gasteiger partial charge in [-0.2, -0.15) is 0 Å². The van der Waals surface area contributed by atoms with Gasteiger partial charge < -0.3 is 14.5 Å². The van der Waals surface area contributed by atoms with E-state index in [4.69, 9.17) is 4.74 Å². The van der Waals surface area contributed by atoms with Crippen molar-refractivity contribution >= 4 is 19.6 Å². The van der Waals surface area contributed by atoms with Gasteiger partial charge in [-0.15, -0.1) is 0 Å². The Labute approximate surface area is 131 Å². The van der Waals surface area contributed by atoms with E-state index in [2.05, 4.69) is 0 Å². The number of benzene rings is 1. The Hall–Kier alpha value is -1.42. The quantitative estimate of drug-likeness (QED) is 0.455. The van der Waals surface area contributed by atoms with Crippen LogP contribution in [0.1, 0.15) is 44.7 Å². The molecule has 0 bridgehead atoms. The molecule has 1 aromatic carbocycles. The van der Waals surface area contributed by atoms with E-state index in [1.54, 1.807) is 51.1 Å². The Morgan fingerprint density at radius 3 is 2.14 bits per heavy atom. The second-order valence-electron chi connectivity index (χ2n) is 4.99. The van der Waals surface area contributed by atoms with Crippen LogP contribution in [0.3, 0.4) is 0 Å². The maximum absolute atomic E-state index is 11.9. The van der Waals surface area contributed by atoms with Crippen LogP contribution in [0.5, 0.6) is 0 Å². The summed E-state index contributed by atoms with van der Waals surface area (Å²) in [5, 5.41) is -1.16. The van der Waals surface area contributed by atoms with E-state index in [0.717, 1.165) is 5.56 Å². The highest BCUT2D eigenvalue weighted by atomic mass is 31.2. The first-order valence-electron chi connectivity index (χ1n) is 7.31. The van der Waals surface area contributed by atoms with Crippen LogP contribution in [0.2, 0.25) is 0 Å². The normalized spacial score (nSPS) is 12.6. The van der Waals surface area contributed by atoms with Crippen LogP contribution in [0, 0.1) is 0 Å². The Kier molecular flexibility index (Phi) is 6.54. The fraction of sp³-hybridized carbons (Fsp3) is 0.438. The summed E-state index contributed by atoms with van der Waals surface area (Å²) in [6.45, 7) is 5.60. The third-order valence-electron chi connectivity index (χ3n) is 3.87. The highest BCUT2D eigenvalue weighted by Crippen LogP contribution is 2.60. The zero-order chi connectivity index (χ0) is 16.8. The van der Waals surface area contributed by atoms with Gasteiger partial charge in [-0.05, 0) is 37.0 Å². The molecule has 0 spiro atoms. The molecule has 0 amide bonds. The largest absolute Gasteiger partial charge is 0.463 e. The summed E-state index contributed by atoms with van der Waals surface area (Å²) in [4.78, 5) is 30.7. The minimum atomic E-state index is -4.28. The third kappa shape index (κ3) is 4.07. The van der Waals surface area contributed by atoms with Gasteiger partial charge in [0, 0.05) is 6.08 Å². The van der Waals surface area contributed by atoms with Gasteiger partial charge in [-0.25, -0.2) is 4.79 Å². The summed E-state index contributed by atoms with van der Waals surface area (Å²) in [7, 11) is -4.28. The zero-order valence-electron chi connectivity index (χ0n) is 13.2. The highest BCUT2D eigenvalue weighted by molar-refractivity contribution is 7.53. The van der Waals surface area contributed by atoms with Crippen molar-refractivity contribution in [1.29, 1.82) is 0 Å². The molecule has 0 saturated carbocycles. The van der Waals surface area contributed by atoms with Gasteiger partial charge in [0.2, 0.25) is 0 Å². The lowest BCUT2D eigenvalue weighted by Crippen LogP contribution is -2.24. The maximum Gasteiger partial charge on any atom is 0.335 e. The summed E-state index contributed by atoms with van der Waals surface area (Å²) in [6, 6.07) is 6.88. The van der Waals surface area contributed by atoms with Crippen molar-refractivity contribution in [2.75, 3.05) is 6.61 Å². The second-order valence-corrected chi connectivity index (χ2v) is 6.93. The molecule has 0 aliphatic heterocycles. The second kappa shape index (κ2) is 7.73. The molecule has 1 aromatic rings. The number of carbonyl (C=O) groups excluding carboxylic acids is 1. The zero-order valence-corrected chi connectivity index (χ0v) is 14.0. The fourth-order valence-electron chi connectivity index (χ4n) is 2.50. The van der Waals surface area contributed by atoms with E-state index in [0.29, 0.717) is 25.0 Å². The average Bonchev–Trinajstić information content (AvgIpc) is 2.47. The molecule has 0 heterocycles. The molecule has 0 unspecified atom stereocenters. The van der Waals surface area contributed by atoms with Crippen LogP contribution in [0.25, 0.3) is 6.08 Å². The number of rotatable bonds is 7. The minimum absolute atomic E-state index is 0.319. The summed E-state index contributed by atoms with van der Waals surface area (Å²) in [5.41, 5.74) is 1.38. The summed E-state index contributed by atoms with van der Waals surface area (Å²) >= 11 is 0. The van der Waals surface area contributed by atoms with Crippen molar-refractivity contribution in [3.8, 4) is 0 Å². The molecule has 6 heteroatoms. The fourth-order valence-corrected chi connectivity index (χ4v) is 3.81. The van der Waals surface area contributed by atoms with Crippen molar-refractivity contribution in [2.24, 2.45) is 0 Å². The Bertz CT molecular complexity index is 567. The van der Waals surface area contributed by atoms with E-state index in [9.17, 15) is 19.1 Å². The molecule has 0 radical (unpaired) electrons. The van der Waals surface area contributed by atoms with Crippen molar-refractivity contribution in [1.82, 2.24) is 0 Å². The molecule has 0 saturated heterocycles. The van der Waals surface area contributed by atoms with Crippen LogP contribution >= 0.6 is 7.60 Å². The molecule has 5 nitrogen and oxygen atoms in total. The van der Waals surface area contributed by atoms with Gasteiger partial charge in [0.15, 0.2) is 0 Å². The maximum atomic E-state index is 11.9. The molecule has 1 rings (SSSR count). The molecule has 2 N–H and O–H groups in total. The topological polar surface area (TPSA) is 83.8 Å². The van der Waals surface area contributed by atoms with Gasteiger partial charge in [0.1, 0.15) is 0 Å². The first kappa shape index (κ1) is 18.6. The van der Waals surface area contributed by atoms with Crippen LogP contribution in [-0.2, 0) is 19.3 Å². The Balaban J connectivity index is 3.05. The van der Waals surface area contributed by atoms with Crippen LogP contribution in [0.4, 0.5) is 0 Å². The standard InChI is InChI=1S/C16H23O5P/c1-4-16(5-2,22(18,19)20)14-10-7-13(8-11-14)9-12-15(17)21-6-3/h7-12H,4-6H2,1-3H3,(H2,18,19,20)/b12-9+. The molecule has 0 aliphatic rings. The molecule has 0 aliphatic carbocycles. The van der Waals surface area contributed by atoms with Gasteiger partial charge in [0.05, 0.1) is 11.8 Å². The number of hydrogen-bond donors (Lipinski definition) is 2. The Morgan fingerprint density at radius 1 is 1.18 bits per heavy atom. The van der Waals surface area contributed by atoms with Crippen molar-refractivity contribution < 1.29 is 23.9 Å². The van der Waals surface area contributed by atoms with E-state index in [1.165, 1.54) is 6.08 Å². The van der Waals surface area contributed by atoms with E-state index in [-0.39, 0.29) is 0 Å². The molecule has 0 aromatic heterocycles. The first-order valence-corrected chi connectivity index (χ1v) is 8.93. The minimum Gasteiger partial charge on any atom is -0.463 e. The van der Waals surface area contributed by atoms with Crippen LogP contribution in [0.15, 0.2) is 30.3 Å². The van der Waals surface area contributed by atoms with Crippen LogP contribution in [-0.4, -0.2) is 22.4 Å². The summed E-state index contributed by atoms with van der Waals surface area (Å²) in [6.07, 6.45) is 3.64. The predicted molar refractivity (Wildman–Crippen MR) is 86.4 cm³/mol. The van der Waals surface area contributed by atoms with Gasteiger partial charge in [0.25, 0.3) is 0 Å². The first-order chi connectivity index (χ1) is 10.3. The lowest BCUT2D eigenvalue weighted by molar-refractivity contribution is -0.137. The SMILES string of the molecule is CCOC(=O)/C=C/c1ccc(C(CC)(CC)P(=O)(O)O)cc1.